The molecule has 2 aromatic rings. The first-order valence-electron chi connectivity index (χ1n) is 7.26. The van der Waals surface area contributed by atoms with Crippen molar-refractivity contribution in [3.05, 3.63) is 47.8 Å². The first-order chi connectivity index (χ1) is 10.6. The molecule has 0 radical (unpaired) electrons. The molecular weight excluding hydrogens is 280 g/mol. The smallest absolute Gasteiger partial charge is 0.257 e. The molecule has 0 saturated carbocycles. The maximum absolute atomic E-state index is 12.5. The maximum atomic E-state index is 12.5. The van der Waals surface area contributed by atoms with Gasteiger partial charge in [-0.15, -0.1) is 0 Å². The van der Waals surface area contributed by atoms with Crippen LogP contribution < -0.4 is 4.90 Å². The number of amides is 1. The van der Waals surface area contributed by atoms with Crippen LogP contribution in [0.1, 0.15) is 15.9 Å². The molecule has 1 aliphatic heterocycles. The van der Waals surface area contributed by atoms with Crippen molar-refractivity contribution in [3.8, 4) is 5.75 Å². The highest BCUT2D eigenvalue weighted by Crippen LogP contribution is 2.21. The van der Waals surface area contributed by atoms with Crippen molar-refractivity contribution < 1.29 is 9.90 Å². The highest BCUT2D eigenvalue weighted by molar-refractivity contribution is 5.97. The Labute approximate surface area is 129 Å². The van der Waals surface area contributed by atoms with Crippen molar-refractivity contribution in [3.63, 3.8) is 0 Å². The fourth-order valence-corrected chi connectivity index (χ4v) is 2.56. The molecule has 0 spiro atoms. The summed E-state index contributed by atoms with van der Waals surface area (Å²) in [5.74, 6) is 0.595. The largest absolute Gasteiger partial charge is 0.507 e. The zero-order valence-corrected chi connectivity index (χ0v) is 12.4. The third-order valence-corrected chi connectivity index (χ3v) is 3.79. The number of hydrogen-bond acceptors (Lipinski definition) is 5. The van der Waals surface area contributed by atoms with Crippen molar-refractivity contribution in [1.29, 1.82) is 0 Å². The molecule has 1 saturated heterocycles. The highest BCUT2D eigenvalue weighted by atomic mass is 16.3. The summed E-state index contributed by atoms with van der Waals surface area (Å²) >= 11 is 0. The van der Waals surface area contributed by atoms with Gasteiger partial charge in [0, 0.05) is 38.6 Å². The van der Waals surface area contributed by atoms with Crippen LogP contribution in [0.25, 0.3) is 0 Å². The number of hydrogen-bond donors (Lipinski definition) is 1. The molecule has 0 atom stereocenters. The van der Waals surface area contributed by atoms with Crippen molar-refractivity contribution in [2.45, 2.75) is 6.92 Å². The molecule has 22 heavy (non-hydrogen) atoms. The number of phenols is 1. The average Bonchev–Trinajstić information content (AvgIpc) is 2.55. The van der Waals surface area contributed by atoms with Crippen LogP contribution in [0.5, 0.6) is 5.75 Å². The van der Waals surface area contributed by atoms with Crippen LogP contribution in [-0.2, 0) is 0 Å². The minimum absolute atomic E-state index is 0.0406. The van der Waals surface area contributed by atoms with Gasteiger partial charge < -0.3 is 14.9 Å². The van der Waals surface area contributed by atoms with E-state index in [4.69, 9.17) is 0 Å². The molecule has 1 N–H and O–H groups in total. The van der Waals surface area contributed by atoms with Gasteiger partial charge in [0.25, 0.3) is 5.91 Å². The SMILES string of the molecule is Cc1ccc(C(=O)N2CCN(c3ncccn3)CC2)c(O)c1. The van der Waals surface area contributed by atoms with Gasteiger partial charge in [-0.2, -0.15) is 0 Å². The number of carbonyl (C=O) groups excluding carboxylic acids is 1. The summed E-state index contributed by atoms with van der Waals surface area (Å²) in [7, 11) is 0. The predicted octanol–water partition coefficient (Wildman–Crippen LogP) is 1.45. The van der Waals surface area contributed by atoms with Gasteiger partial charge >= 0.3 is 0 Å². The summed E-state index contributed by atoms with van der Waals surface area (Å²) in [4.78, 5) is 24.8. The van der Waals surface area contributed by atoms with E-state index in [2.05, 4.69) is 14.9 Å². The number of piperazine rings is 1. The summed E-state index contributed by atoms with van der Waals surface area (Å²) in [6.07, 6.45) is 3.43. The maximum Gasteiger partial charge on any atom is 0.257 e. The first-order valence-corrected chi connectivity index (χ1v) is 7.26. The number of carbonyl (C=O) groups is 1. The lowest BCUT2D eigenvalue weighted by Crippen LogP contribution is -2.49. The van der Waals surface area contributed by atoms with Crippen LogP contribution in [0.15, 0.2) is 36.7 Å². The number of nitrogens with zero attached hydrogens (tertiary/aromatic N) is 4. The van der Waals surface area contributed by atoms with E-state index in [1.807, 2.05) is 13.0 Å². The van der Waals surface area contributed by atoms with Crippen molar-refractivity contribution in [1.82, 2.24) is 14.9 Å². The quantitative estimate of drug-likeness (QED) is 0.909. The summed E-state index contributed by atoms with van der Waals surface area (Å²) in [5.41, 5.74) is 1.29. The number of anilines is 1. The van der Waals surface area contributed by atoms with Gasteiger partial charge in [0.1, 0.15) is 5.75 Å². The minimum Gasteiger partial charge on any atom is -0.507 e. The van der Waals surface area contributed by atoms with E-state index in [1.54, 1.807) is 35.5 Å². The molecule has 2 heterocycles. The fraction of sp³-hybridized carbons (Fsp3) is 0.312. The number of rotatable bonds is 2. The summed E-state index contributed by atoms with van der Waals surface area (Å²) in [6.45, 7) is 4.42. The fourth-order valence-electron chi connectivity index (χ4n) is 2.56. The molecule has 6 nitrogen and oxygen atoms in total. The standard InChI is InChI=1S/C16H18N4O2/c1-12-3-4-13(14(21)11-12)15(22)19-7-9-20(10-8-19)16-17-5-2-6-18-16/h2-6,11,21H,7-10H2,1H3. The van der Waals surface area contributed by atoms with E-state index in [9.17, 15) is 9.90 Å². The molecule has 0 aliphatic carbocycles. The van der Waals surface area contributed by atoms with E-state index < -0.39 is 0 Å². The van der Waals surface area contributed by atoms with Crippen LogP contribution in [0.4, 0.5) is 5.95 Å². The Morgan fingerprint density at radius 2 is 1.82 bits per heavy atom. The molecule has 0 unspecified atom stereocenters. The molecule has 0 bridgehead atoms. The van der Waals surface area contributed by atoms with Gasteiger partial charge in [0.05, 0.1) is 5.56 Å². The second kappa shape index (κ2) is 6.01. The third-order valence-electron chi connectivity index (χ3n) is 3.79. The van der Waals surface area contributed by atoms with Gasteiger partial charge in [0.15, 0.2) is 0 Å². The average molecular weight is 298 g/mol. The lowest BCUT2D eigenvalue weighted by atomic mass is 10.1. The van der Waals surface area contributed by atoms with Crippen molar-refractivity contribution >= 4 is 11.9 Å². The number of phenolic OH excluding ortho intramolecular Hbond substituents is 1. The second-order valence-corrected chi connectivity index (χ2v) is 5.35. The van der Waals surface area contributed by atoms with E-state index in [0.29, 0.717) is 37.7 Å². The Morgan fingerprint density at radius 1 is 1.14 bits per heavy atom. The number of aromatic hydroxyl groups is 1. The zero-order valence-electron chi connectivity index (χ0n) is 12.4. The molecule has 114 valence electrons. The van der Waals surface area contributed by atoms with E-state index in [0.717, 1.165) is 5.56 Å². The van der Waals surface area contributed by atoms with Gasteiger partial charge in [-0.1, -0.05) is 6.07 Å². The van der Waals surface area contributed by atoms with Crippen LogP contribution in [0.3, 0.4) is 0 Å². The number of aryl methyl sites for hydroxylation is 1. The molecule has 1 aromatic carbocycles. The van der Waals surface area contributed by atoms with Gasteiger partial charge in [-0.25, -0.2) is 9.97 Å². The van der Waals surface area contributed by atoms with Gasteiger partial charge in [0.2, 0.25) is 5.95 Å². The monoisotopic (exact) mass is 298 g/mol. The number of benzene rings is 1. The summed E-state index contributed by atoms with van der Waals surface area (Å²) < 4.78 is 0. The first kappa shape index (κ1) is 14.3. The Hall–Kier alpha value is -2.63. The van der Waals surface area contributed by atoms with Crippen LogP contribution >= 0.6 is 0 Å². The Balaban J connectivity index is 1.67. The van der Waals surface area contributed by atoms with Crippen LogP contribution in [0, 0.1) is 6.92 Å². The second-order valence-electron chi connectivity index (χ2n) is 5.35. The normalized spacial score (nSPS) is 15.0. The predicted molar refractivity (Wildman–Crippen MR) is 83.0 cm³/mol. The Kier molecular flexibility index (Phi) is 3.91. The van der Waals surface area contributed by atoms with Gasteiger partial charge in [-0.3, -0.25) is 4.79 Å². The molecule has 1 aliphatic rings. The van der Waals surface area contributed by atoms with E-state index >= 15 is 0 Å². The molecule has 1 fully saturated rings. The van der Waals surface area contributed by atoms with Crippen LogP contribution in [-0.4, -0.2) is 52.1 Å². The zero-order chi connectivity index (χ0) is 15.5. The topological polar surface area (TPSA) is 69.6 Å². The summed E-state index contributed by atoms with van der Waals surface area (Å²) in [6, 6.07) is 6.91. The lowest BCUT2D eigenvalue weighted by molar-refractivity contribution is 0.0743. The van der Waals surface area contributed by atoms with E-state index in [1.165, 1.54) is 0 Å². The number of aromatic nitrogens is 2. The molecular formula is C16H18N4O2. The lowest BCUT2D eigenvalue weighted by Gasteiger charge is -2.34. The molecule has 3 rings (SSSR count). The van der Waals surface area contributed by atoms with Crippen molar-refractivity contribution in [2.75, 3.05) is 31.1 Å². The van der Waals surface area contributed by atoms with Crippen molar-refractivity contribution in [2.24, 2.45) is 0 Å². The third kappa shape index (κ3) is 2.86. The highest BCUT2D eigenvalue weighted by Gasteiger charge is 2.24. The van der Waals surface area contributed by atoms with Crippen LogP contribution in [0.2, 0.25) is 0 Å². The molecule has 1 aromatic heterocycles. The van der Waals surface area contributed by atoms with Gasteiger partial charge in [-0.05, 0) is 30.7 Å². The Morgan fingerprint density at radius 3 is 2.45 bits per heavy atom. The molecule has 1 amide bonds. The Bertz CT molecular complexity index is 667. The van der Waals surface area contributed by atoms with E-state index in [-0.39, 0.29) is 11.7 Å². The summed E-state index contributed by atoms with van der Waals surface area (Å²) in [5, 5.41) is 9.94. The minimum atomic E-state index is -0.133. The molecule has 6 heteroatoms.